The van der Waals surface area contributed by atoms with E-state index < -0.39 is 6.10 Å². The Hall–Kier alpha value is -1.12. The van der Waals surface area contributed by atoms with Crippen LogP contribution >= 0.6 is 15.9 Å². The van der Waals surface area contributed by atoms with Crippen LogP contribution in [0.5, 0.6) is 0 Å². The fourth-order valence-electron chi connectivity index (χ4n) is 2.39. The summed E-state index contributed by atoms with van der Waals surface area (Å²) in [6, 6.07) is 10.2. The van der Waals surface area contributed by atoms with E-state index in [-0.39, 0.29) is 0 Å². The van der Waals surface area contributed by atoms with E-state index in [0.717, 1.165) is 32.3 Å². The van der Waals surface area contributed by atoms with Gasteiger partial charge < -0.3 is 5.11 Å². The molecule has 0 aliphatic rings. The lowest BCUT2D eigenvalue weighted by Crippen LogP contribution is -2.04. The summed E-state index contributed by atoms with van der Waals surface area (Å²) in [5.74, 6) is 0. The summed E-state index contributed by atoms with van der Waals surface area (Å²) in [7, 11) is 0. The number of aliphatic hydroxyl groups is 1. The molecule has 1 N–H and O–H groups in total. The quantitative estimate of drug-likeness (QED) is 0.846. The lowest BCUT2D eigenvalue weighted by Gasteiger charge is -2.17. The van der Waals surface area contributed by atoms with E-state index in [1.54, 1.807) is 0 Å². The molecular weight excluding hydrogens is 300 g/mol. The number of rotatable bonds is 2. The molecule has 0 saturated heterocycles. The van der Waals surface area contributed by atoms with Gasteiger partial charge in [-0.25, -0.2) is 0 Å². The molecule has 0 aliphatic heterocycles. The van der Waals surface area contributed by atoms with Gasteiger partial charge in [0.05, 0.1) is 0 Å². The van der Waals surface area contributed by atoms with E-state index in [2.05, 4.69) is 49.7 Å². The van der Waals surface area contributed by atoms with Gasteiger partial charge in [-0.2, -0.15) is 0 Å². The molecule has 2 aromatic rings. The lowest BCUT2D eigenvalue weighted by molar-refractivity contribution is 0.219. The average molecular weight is 319 g/mol. The van der Waals surface area contributed by atoms with Crippen molar-refractivity contribution in [3.8, 4) is 0 Å². The fraction of sp³-hybridized carbons (Fsp3) is 0.294. The Kier molecular flexibility index (Phi) is 4.12. The summed E-state index contributed by atoms with van der Waals surface area (Å²) >= 11 is 3.56. The Balaban J connectivity index is 2.50. The second-order valence-electron chi connectivity index (χ2n) is 5.16. The molecule has 0 heterocycles. The minimum Gasteiger partial charge on any atom is -0.384 e. The van der Waals surface area contributed by atoms with Crippen molar-refractivity contribution < 1.29 is 5.11 Å². The minimum atomic E-state index is -0.564. The minimum absolute atomic E-state index is 0.564. The maximum atomic E-state index is 10.6. The molecule has 0 spiro atoms. The molecule has 1 nitrogen and oxygen atoms in total. The standard InChI is InChI=1S/C17H19BrO/c1-10-6-5-7-15(13(10)4)17(19)14-8-11(2)16(18)12(3)9-14/h5-9,17,19H,1-4H3. The fourth-order valence-corrected chi connectivity index (χ4v) is 2.62. The number of halogens is 1. The van der Waals surface area contributed by atoms with Crippen molar-refractivity contribution in [2.75, 3.05) is 0 Å². The van der Waals surface area contributed by atoms with Gasteiger partial charge in [0.25, 0.3) is 0 Å². The van der Waals surface area contributed by atoms with Gasteiger partial charge in [0.1, 0.15) is 6.10 Å². The molecule has 0 saturated carbocycles. The third-order valence-corrected chi connectivity index (χ3v) is 4.97. The van der Waals surface area contributed by atoms with Gasteiger partial charge in [0.2, 0.25) is 0 Å². The van der Waals surface area contributed by atoms with Crippen molar-refractivity contribution in [1.82, 2.24) is 0 Å². The smallest absolute Gasteiger partial charge is 0.104 e. The molecule has 2 rings (SSSR count). The maximum Gasteiger partial charge on any atom is 0.104 e. The molecule has 100 valence electrons. The van der Waals surface area contributed by atoms with Crippen LogP contribution in [0.4, 0.5) is 0 Å². The number of benzene rings is 2. The highest BCUT2D eigenvalue weighted by Crippen LogP contribution is 2.30. The molecule has 2 heteroatoms. The molecule has 1 atom stereocenters. The topological polar surface area (TPSA) is 20.2 Å². The van der Waals surface area contributed by atoms with E-state index in [1.165, 1.54) is 5.56 Å². The SMILES string of the molecule is Cc1cccc(C(O)c2cc(C)c(Br)c(C)c2)c1C. The van der Waals surface area contributed by atoms with E-state index in [1.807, 2.05) is 24.3 Å². The normalized spacial score (nSPS) is 12.5. The van der Waals surface area contributed by atoms with Crippen LogP contribution in [0, 0.1) is 27.7 Å². The van der Waals surface area contributed by atoms with Crippen LogP contribution in [0.1, 0.15) is 39.5 Å². The van der Waals surface area contributed by atoms with Crippen molar-refractivity contribution in [1.29, 1.82) is 0 Å². The first-order valence-corrected chi connectivity index (χ1v) is 7.22. The first kappa shape index (κ1) is 14.3. The summed E-state index contributed by atoms with van der Waals surface area (Å²) < 4.78 is 1.12. The van der Waals surface area contributed by atoms with Gasteiger partial charge >= 0.3 is 0 Å². The van der Waals surface area contributed by atoms with E-state index in [0.29, 0.717) is 0 Å². The second-order valence-corrected chi connectivity index (χ2v) is 5.95. The predicted molar refractivity (Wildman–Crippen MR) is 83.6 cm³/mol. The summed E-state index contributed by atoms with van der Waals surface area (Å²) in [6.07, 6.45) is -0.564. The number of aryl methyl sites for hydroxylation is 3. The van der Waals surface area contributed by atoms with Crippen LogP contribution in [0.25, 0.3) is 0 Å². The van der Waals surface area contributed by atoms with Crippen molar-refractivity contribution in [3.63, 3.8) is 0 Å². The zero-order valence-electron chi connectivity index (χ0n) is 11.8. The zero-order valence-corrected chi connectivity index (χ0v) is 13.4. The first-order valence-electron chi connectivity index (χ1n) is 6.42. The average Bonchev–Trinajstić information content (AvgIpc) is 2.38. The molecular formula is C17H19BrO. The van der Waals surface area contributed by atoms with E-state index >= 15 is 0 Å². The molecule has 2 aromatic carbocycles. The molecule has 1 unspecified atom stereocenters. The Morgan fingerprint density at radius 3 is 2.11 bits per heavy atom. The van der Waals surface area contributed by atoms with Crippen molar-refractivity contribution in [2.45, 2.75) is 33.8 Å². The summed E-state index contributed by atoms with van der Waals surface area (Å²) in [5, 5.41) is 10.6. The van der Waals surface area contributed by atoms with Crippen LogP contribution in [-0.2, 0) is 0 Å². The molecule has 0 bridgehead atoms. The van der Waals surface area contributed by atoms with Crippen LogP contribution in [0.15, 0.2) is 34.8 Å². The van der Waals surface area contributed by atoms with Crippen LogP contribution in [-0.4, -0.2) is 5.11 Å². The number of hydrogen-bond acceptors (Lipinski definition) is 1. The molecule has 0 amide bonds. The van der Waals surface area contributed by atoms with Gasteiger partial charge in [0, 0.05) is 4.47 Å². The van der Waals surface area contributed by atoms with E-state index in [4.69, 9.17) is 0 Å². The van der Waals surface area contributed by atoms with Gasteiger partial charge in [-0.3, -0.25) is 0 Å². The van der Waals surface area contributed by atoms with Crippen molar-refractivity contribution in [2.24, 2.45) is 0 Å². The summed E-state index contributed by atoms with van der Waals surface area (Å²) in [6.45, 7) is 8.24. The summed E-state index contributed by atoms with van der Waals surface area (Å²) in [5.41, 5.74) is 6.61. The van der Waals surface area contributed by atoms with Crippen LogP contribution in [0.2, 0.25) is 0 Å². The number of hydrogen-bond donors (Lipinski definition) is 1. The monoisotopic (exact) mass is 318 g/mol. The Bertz CT molecular complexity index is 594. The van der Waals surface area contributed by atoms with Crippen LogP contribution < -0.4 is 0 Å². The lowest BCUT2D eigenvalue weighted by atomic mass is 9.93. The van der Waals surface area contributed by atoms with E-state index in [9.17, 15) is 5.11 Å². The third-order valence-electron chi connectivity index (χ3n) is 3.72. The van der Waals surface area contributed by atoms with Crippen molar-refractivity contribution in [3.05, 3.63) is 68.2 Å². The number of aliphatic hydroxyl groups excluding tert-OH is 1. The summed E-state index contributed by atoms with van der Waals surface area (Å²) in [4.78, 5) is 0. The highest BCUT2D eigenvalue weighted by atomic mass is 79.9. The highest BCUT2D eigenvalue weighted by molar-refractivity contribution is 9.10. The Morgan fingerprint density at radius 2 is 1.53 bits per heavy atom. The van der Waals surface area contributed by atoms with Gasteiger partial charge in [-0.1, -0.05) is 46.3 Å². The Morgan fingerprint density at radius 1 is 0.947 bits per heavy atom. The molecule has 0 aliphatic carbocycles. The second kappa shape index (κ2) is 5.48. The molecule has 0 radical (unpaired) electrons. The van der Waals surface area contributed by atoms with Gasteiger partial charge in [-0.05, 0) is 61.1 Å². The molecule has 0 aromatic heterocycles. The third kappa shape index (κ3) is 2.75. The van der Waals surface area contributed by atoms with Gasteiger partial charge in [-0.15, -0.1) is 0 Å². The molecule has 0 fully saturated rings. The zero-order chi connectivity index (χ0) is 14.2. The molecule has 19 heavy (non-hydrogen) atoms. The largest absolute Gasteiger partial charge is 0.384 e. The maximum absolute atomic E-state index is 10.6. The first-order chi connectivity index (χ1) is 8.91. The van der Waals surface area contributed by atoms with Gasteiger partial charge in [0.15, 0.2) is 0 Å². The highest BCUT2D eigenvalue weighted by Gasteiger charge is 2.15. The predicted octanol–water partition coefficient (Wildman–Crippen LogP) is 4.76. The Labute approximate surface area is 123 Å². The van der Waals surface area contributed by atoms with Crippen molar-refractivity contribution >= 4 is 15.9 Å². The van der Waals surface area contributed by atoms with Crippen LogP contribution in [0.3, 0.4) is 0 Å².